The molecule has 0 spiro atoms. The van der Waals surface area contributed by atoms with Crippen LogP contribution in [0.25, 0.3) is 22.0 Å². The van der Waals surface area contributed by atoms with Crippen LogP contribution in [0.15, 0.2) is 35.8 Å². The minimum Gasteiger partial charge on any atom is -0.469 e. The van der Waals surface area contributed by atoms with Crippen LogP contribution in [0.2, 0.25) is 0 Å². The first-order valence-electron chi connectivity index (χ1n) is 9.33. The van der Waals surface area contributed by atoms with E-state index < -0.39 is 29.3 Å². The molecule has 0 aliphatic heterocycles. The summed E-state index contributed by atoms with van der Waals surface area (Å²) in [6.07, 6.45) is 0.699. The molecule has 0 atom stereocenters. The highest BCUT2D eigenvalue weighted by molar-refractivity contribution is 7.12. The summed E-state index contributed by atoms with van der Waals surface area (Å²) >= 11 is 0.973. The minimum atomic E-state index is -0.685. The predicted molar refractivity (Wildman–Crippen MR) is 112 cm³/mol. The molecule has 158 valence electrons. The van der Waals surface area contributed by atoms with E-state index in [-0.39, 0.29) is 23.3 Å². The summed E-state index contributed by atoms with van der Waals surface area (Å²) in [6, 6.07) is 7.09. The highest BCUT2D eigenvalue weighted by Crippen LogP contribution is 2.37. The Balaban J connectivity index is 2.00. The third-order valence-electron chi connectivity index (χ3n) is 4.36. The molecule has 0 saturated carbocycles. The van der Waals surface area contributed by atoms with Gasteiger partial charge < -0.3 is 9.47 Å². The molecule has 0 aliphatic carbocycles. The maximum absolute atomic E-state index is 15.1. The van der Waals surface area contributed by atoms with Gasteiger partial charge in [-0.3, -0.25) is 14.2 Å². The van der Waals surface area contributed by atoms with E-state index in [0.29, 0.717) is 16.5 Å². The maximum Gasteiger partial charge on any atom is 0.419 e. The molecule has 0 amide bonds. The first kappa shape index (κ1) is 21.7. The second-order valence-corrected chi connectivity index (χ2v) is 8.58. The quantitative estimate of drug-likeness (QED) is 0.398. The van der Waals surface area contributed by atoms with E-state index in [1.165, 1.54) is 17.9 Å². The zero-order valence-electron chi connectivity index (χ0n) is 17.2. The van der Waals surface area contributed by atoms with Gasteiger partial charge in [0.2, 0.25) is 0 Å². The van der Waals surface area contributed by atoms with Crippen molar-refractivity contribution in [3.8, 4) is 11.1 Å². The number of methoxy groups -OCH3 is 1. The average molecular weight is 431 g/mol. The molecule has 2 heterocycles. The molecule has 0 radical (unpaired) electrons. The normalized spacial score (nSPS) is 11.5. The number of Topliss-reactive ketones (excluding diaryl/α,β-unsaturated/α-hetero) is 1. The molecule has 0 bridgehead atoms. The molecular weight excluding hydrogens is 409 g/mol. The molecule has 0 aliphatic rings. The molecule has 1 aromatic carbocycles. The number of ether oxygens (including phenoxy) is 2. The summed E-state index contributed by atoms with van der Waals surface area (Å²) < 4.78 is 26.4. The van der Waals surface area contributed by atoms with E-state index in [9.17, 15) is 14.4 Å². The van der Waals surface area contributed by atoms with Crippen molar-refractivity contribution >= 4 is 40.1 Å². The SMILES string of the molecule is COC(=O)CCC(=O)c1scc(-c2cn(C(=O)OC(C)(C)C)c3ccccc23)c1F. The molecule has 0 fully saturated rings. The number of hydrogen-bond acceptors (Lipinski definition) is 6. The number of carbonyl (C=O) groups is 3. The van der Waals surface area contributed by atoms with Crippen LogP contribution in [0.4, 0.5) is 9.18 Å². The number of hydrogen-bond donors (Lipinski definition) is 0. The van der Waals surface area contributed by atoms with Crippen LogP contribution in [0, 0.1) is 5.82 Å². The number of para-hydroxylation sites is 1. The van der Waals surface area contributed by atoms with Crippen molar-refractivity contribution in [3.63, 3.8) is 0 Å². The van der Waals surface area contributed by atoms with Gasteiger partial charge in [0.25, 0.3) is 0 Å². The van der Waals surface area contributed by atoms with E-state index in [2.05, 4.69) is 4.74 Å². The van der Waals surface area contributed by atoms with Crippen LogP contribution in [-0.4, -0.2) is 35.1 Å². The van der Waals surface area contributed by atoms with Gasteiger partial charge in [-0.1, -0.05) is 18.2 Å². The fourth-order valence-corrected chi connectivity index (χ4v) is 3.91. The van der Waals surface area contributed by atoms with Gasteiger partial charge in [0.05, 0.1) is 19.0 Å². The Morgan fingerprint density at radius 1 is 1.10 bits per heavy atom. The number of nitrogens with zero attached hydrogens (tertiary/aromatic N) is 1. The number of thiophene rings is 1. The van der Waals surface area contributed by atoms with Gasteiger partial charge in [-0.25, -0.2) is 9.18 Å². The molecule has 0 N–H and O–H groups in total. The largest absolute Gasteiger partial charge is 0.469 e. The first-order chi connectivity index (χ1) is 14.1. The molecule has 30 heavy (non-hydrogen) atoms. The van der Waals surface area contributed by atoms with Crippen molar-refractivity contribution in [2.24, 2.45) is 0 Å². The van der Waals surface area contributed by atoms with Crippen molar-refractivity contribution in [3.05, 3.63) is 46.5 Å². The van der Waals surface area contributed by atoms with E-state index >= 15 is 4.39 Å². The number of aromatic nitrogens is 1. The Labute approximate surface area is 177 Å². The number of benzene rings is 1. The summed E-state index contributed by atoms with van der Waals surface area (Å²) in [4.78, 5) is 36.2. The Hall–Kier alpha value is -3.00. The van der Waals surface area contributed by atoms with Gasteiger partial charge in [0, 0.05) is 34.5 Å². The molecule has 0 unspecified atom stereocenters. The fourth-order valence-electron chi connectivity index (χ4n) is 3.00. The maximum atomic E-state index is 15.1. The molecular formula is C22H22FNO5S. The second-order valence-electron chi connectivity index (χ2n) is 7.70. The zero-order valence-corrected chi connectivity index (χ0v) is 18.0. The Kier molecular flexibility index (Phi) is 6.07. The van der Waals surface area contributed by atoms with Crippen LogP contribution in [0.1, 0.15) is 43.3 Å². The van der Waals surface area contributed by atoms with E-state index in [0.717, 1.165) is 11.3 Å². The predicted octanol–water partition coefficient (Wildman–Crippen LogP) is 5.43. The molecule has 0 saturated heterocycles. The Morgan fingerprint density at radius 2 is 1.80 bits per heavy atom. The Bertz CT molecular complexity index is 1120. The third kappa shape index (κ3) is 4.43. The number of ketones is 1. The van der Waals surface area contributed by atoms with Crippen LogP contribution < -0.4 is 0 Å². The van der Waals surface area contributed by atoms with Crippen LogP contribution in [0.3, 0.4) is 0 Å². The number of carbonyl (C=O) groups excluding carboxylic acids is 3. The summed E-state index contributed by atoms with van der Waals surface area (Å²) in [7, 11) is 1.23. The topological polar surface area (TPSA) is 74.6 Å². The highest BCUT2D eigenvalue weighted by Gasteiger charge is 2.25. The molecule has 3 rings (SSSR count). The monoisotopic (exact) mass is 431 g/mol. The van der Waals surface area contributed by atoms with Crippen LogP contribution in [0.5, 0.6) is 0 Å². The lowest BCUT2D eigenvalue weighted by atomic mass is 10.1. The number of esters is 1. The molecule has 6 nitrogen and oxygen atoms in total. The van der Waals surface area contributed by atoms with Gasteiger partial charge in [0.1, 0.15) is 10.5 Å². The molecule has 8 heteroatoms. The van der Waals surface area contributed by atoms with Gasteiger partial charge >= 0.3 is 12.1 Å². The standard InChI is InChI=1S/C22H22FNO5S/c1-22(2,3)29-21(27)24-11-14(13-7-5-6-8-16(13)24)15-12-30-20(19(15)23)17(25)9-10-18(26)28-4/h5-8,11-12H,9-10H2,1-4H3. The number of halogens is 1. The lowest BCUT2D eigenvalue weighted by Gasteiger charge is -2.19. The van der Waals surface area contributed by atoms with Crippen LogP contribution in [-0.2, 0) is 14.3 Å². The smallest absolute Gasteiger partial charge is 0.419 e. The van der Waals surface area contributed by atoms with Crippen molar-refractivity contribution in [1.29, 1.82) is 0 Å². The lowest BCUT2D eigenvalue weighted by Crippen LogP contribution is -2.26. The van der Waals surface area contributed by atoms with Crippen molar-refractivity contribution in [2.45, 2.75) is 39.2 Å². The van der Waals surface area contributed by atoms with E-state index in [4.69, 9.17) is 4.74 Å². The molecule has 3 aromatic rings. The van der Waals surface area contributed by atoms with Crippen molar-refractivity contribution < 1.29 is 28.2 Å². The minimum absolute atomic E-state index is 0.0528. The summed E-state index contributed by atoms with van der Waals surface area (Å²) in [5.41, 5.74) is 0.596. The lowest BCUT2D eigenvalue weighted by molar-refractivity contribution is -0.140. The third-order valence-corrected chi connectivity index (χ3v) is 5.36. The fraction of sp³-hybridized carbons (Fsp3) is 0.318. The summed E-state index contributed by atoms with van der Waals surface area (Å²) in [6.45, 7) is 5.30. The second kappa shape index (κ2) is 8.39. The highest BCUT2D eigenvalue weighted by atomic mass is 32.1. The van der Waals surface area contributed by atoms with Crippen molar-refractivity contribution in [2.75, 3.05) is 7.11 Å². The summed E-state index contributed by atoms with van der Waals surface area (Å²) in [5.74, 6) is -1.66. The van der Waals surface area contributed by atoms with Crippen molar-refractivity contribution in [1.82, 2.24) is 4.57 Å². The van der Waals surface area contributed by atoms with E-state index in [1.54, 1.807) is 50.4 Å². The number of fused-ring (bicyclic) bond motifs is 1. The summed E-state index contributed by atoms with van der Waals surface area (Å²) in [5, 5.41) is 2.20. The van der Waals surface area contributed by atoms with Gasteiger partial charge in [-0.05, 0) is 26.8 Å². The first-order valence-corrected chi connectivity index (χ1v) is 10.2. The van der Waals surface area contributed by atoms with Gasteiger partial charge in [-0.15, -0.1) is 11.3 Å². The van der Waals surface area contributed by atoms with E-state index in [1.807, 2.05) is 0 Å². The van der Waals surface area contributed by atoms with Gasteiger partial charge in [-0.2, -0.15) is 0 Å². The number of rotatable bonds is 5. The average Bonchev–Trinajstić information content (AvgIpc) is 3.25. The molecule has 2 aromatic heterocycles. The zero-order chi connectivity index (χ0) is 22.1. The van der Waals surface area contributed by atoms with Gasteiger partial charge in [0.15, 0.2) is 11.6 Å². The Morgan fingerprint density at radius 3 is 2.47 bits per heavy atom. The van der Waals surface area contributed by atoms with Crippen LogP contribution >= 0.6 is 11.3 Å².